The molecule has 9 heteroatoms. The van der Waals surface area contributed by atoms with Crippen LogP contribution in [0.4, 0.5) is 10.1 Å². The van der Waals surface area contributed by atoms with E-state index in [1.807, 2.05) is 42.5 Å². The lowest BCUT2D eigenvalue weighted by Gasteiger charge is -2.36. The van der Waals surface area contributed by atoms with Crippen LogP contribution in [0, 0.1) is 5.82 Å². The Morgan fingerprint density at radius 3 is 2.25 bits per heavy atom. The zero-order valence-corrected chi connectivity index (χ0v) is 26.4. The highest BCUT2D eigenvalue weighted by Gasteiger charge is 2.17. The van der Waals surface area contributed by atoms with Gasteiger partial charge in [-0.05, 0) is 97.0 Å². The Hall–Kier alpha value is -3.43. The summed E-state index contributed by atoms with van der Waals surface area (Å²) in [4.78, 5) is 4.98. The van der Waals surface area contributed by atoms with E-state index in [-0.39, 0.29) is 10.7 Å². The Labute approximate surface area is 265 Å². The molecule has 0 unspecified atom stereocenters. The number of aryl methyl sites for hydroxylation is 2. The molecule has 0 saturated carbocycles. The first-order valence-electron chi connectivity index (χ1n) is 15.1. The van der Waals surface area contributed by atoms with Crippen molar-refractivity contribution in [2.75, 3.05) is 50.8 Å². The highest BCUT2D eigenvalue weighted by Crippen LogP contribution is 2.22. The van der Waals surface area contributed by atoms with E-state index >= 15 is 0 Å². The fraction of sp³-hybridized carbons (Fsp3) is 0.314. The summed E-state index contributed by atoms with van der Waals surface area (Å²) in [6, 6.07) is 29.5. The second-order valence-corrected chi connectivity index (χ2v) is 13.2. The lowest BCUT2D eigenvalue weighted by Crippen LogP contribution is -2.46. The fourth-order valence-electron chi connectivity index (χ4n) is 5.45. The van der Waals surface area contributed by atoms with Gasteiger partial charge in [-0.15, -0.1) is 0 Å². The molecule has 0 aliphatic carbocycles. The standard InChI is InChI=1S/C35H39ClFN3O3S/c36-31-11-17-34(18-12-31)44(41,42)38-20-19-29-6-3-5-28(27-29)9-10-30-7-1-2-8-35(30)43-26-4-21-39-22-24-40(25-23-39)33-15-13-32(37)14-16-33/h1-3,5-8,11-18,27,38H,4,9-10,19-26H2. The molecule has 1 saturated heterocycles. The van der Waals surface area contributed by atoms with Gasteiger partial charge in [-0.25, -0.2) is 17.5 Å². The summed E-state index contributed by atoms with van der Waals surface area (Å²) in [7, 11) is -3.58. The molecule has 1 aliphatic heterocycles. The number of ether oxygens (including phenoxy) is 1. The number of hydrogen-bond acceptors (Lipinski definition) is 5. The number of benzene rings is 4. The largest absolute Gasteiger partial charge is 0.493 e. The lowest BCUT2D eigenvalue weighted by atomic mass is 10.0. The highest BCUT2D eigenvalue weighted by molar-refractivity contribution is 7.89. The average Bonchev–Trinajstić information content (AvgIpc) is 3.04. The number of rotatable bonds is 14. The Bertz CT molecular complexity index is 1590. The van der Waals surface area contributed by atoms with E-state index in [4.69, 9.17) is 16.3 Å². The second kappa shape index (κ2) is 15.5. The Morgan fingerprint density at radius 2 is 1.50 bits per heavy atom. The number of piperazine rings is 1. The third kappa shape index (κ3) is 9.29. The summed E-state index contributed by atoms with van der Waals surface area (Å²) in [5.41, 5.74) is 4.55. The molecule has 44 heavy (non-hydrogen) atoms. The molecule has 1 N–H and O–H groups in total. The van der Waals surface area contributed by atoms with Crippen LogP contribution in [-0.2, 0) is 29.3 Å². The topological polar surface area (TPSA) is 61.9 Å². The van der Waals surface area contributed by atoms with Crippen LogP contribution in [0.3, 0.4) is 0 Å². The first kappa shape index (κ1) is 32.0. The van der Waals surface area contributed by atoms with Gasteiger partial charge in [0.15, 0.2) is 0 Å². The van der Waals surface area contributed by atoms with Crippen molar-refractivity contribution in [2.24, 2.45) is 0 Å². The average molecular weight is 636 g/mol. The summed E-state index contributed by atoms with van der Waals surface area (Å²) in [5.74, 6) is 0.733. The third-order valence-electron chi connectivity index (χ3n) is 7.92. The maximum Gasteiger partial charge on any atom is 0.240 e. The van der Waals surface area contributed by atoms with Gasteiger partial charge in [-0.1, -0.05) is 54.1 Å². The van der Waals surface area contributed by atoms with Crippen molar-refractivity contribution >= 4 is 27.3 Å². The fourth-order valence-corrected chi connectivity index (χ4v) is 6.61. The third-order valence-corrected chi connectivity index (χ3v) is 9.65. The molecule has 1 heterocycles. The van der Waals surface area contributed by atoms with Gasteiger partial charge in [-0.2, -0.15) is 0 Å². The summed E-state index contributed by atoms with van der Waals surface area (Å²) in [6.07, 6.45) is 3.27. The van der Waals surface area contributed by atoms with Gasteiger partial charge in [0.2, 0.25) is 10.0 Å². The Morgan fingerprint density at radius 1 is 0.795 bits per heavy atom. The normalized spacial score (nSPS) is 14.1. The van der Waals surface area contributed by atoms with Gasteiger partial charge in [0.25, 0.3) is 0 Å². The maximum absolute atomic E-state index is 13.2. The summed E-state index contributed by atoms with van der Waals surface area (Å²) in [5, 5.41) is 0.501. The van der Waals surface area contributed by atoms with Gasteiger partial charge in [0, 0.05) is 50.0 Å². The molecular weight excluding hydrogens is 597 g/mol. The van der Waals surface area contributed by atoms with Crippen molar-refractivity contribution in [2.45, 2.75) is 30.6 Å². The lowest BCUT2D eigenvalue weighted by molar-refractivity contribution is 0.224. The van der Waals surface area contributed by atoms with E-state index in [2.05, 4.69) is 32.7 Å². The zero-order chi connectivity index (χ0) is 30.8. The van der Waals surface area contributed by atoms with Gasteiger partial charge >= 0.3 is 0 Å². The van der Waals surface area contributed by atoms with E-state index in [0.717, 1.165) is 69.0 Å². The zero-order valence-electron chi connectivity index (χ0n) is 24.8. The molecule has 0 amide bonds. The quantitative estimate of drug-likeness (QED) is 0.163. The number of hydrogen-bond donors (Lipinski definition) is 1. The number of para-hydroxylation sites is 1. The van der Waals surface area contributed by atoms with Crippen LogP contribution in [0.2, 0.25) is 5.02 Å². The van der Waals surface area contributed by atoms with Crippen LogP contribution in [0.15, 0.2) is 102 Å². The van der Waals surface area contributed by atoms with Crippen molar-refractivity contribution in [3.8, 4) is 5.75 Å². The molecular formula is C35H39ClFN3O3S. The van der Waals surface area contributed by atoms with Crippen molar-refractivity contribution in [1.82, 2.24) is 9.62 Å². The number of sulfonamides is 1. The second-order valence-electron chi connectivity index (χ2n) is 11.0. The minimum absolute atomic E-state index is 0.199. The maximum atomic E-state index is 13.2. The van der Waals surface area contributed by atoms with Crippen LogP contribution in [-0.4, -0.2) is 59.2 Å². The number of nitrogens with zero attached hydrogens (tertiary/aromatic N) is 2. The first-order valence-corrected chi connectivity index (χ1v) is 17.0. The van der Waals surface area contributed by atoms with Gasteiger partial charge in [-0.3, -0.25) is 4.90 Å². The molecule has 4 aromatic carbocycles. The number of anilines is 1. The minimum Gasteiger partial charge on any atom is -0.493 e. The predicted molar refractivity (Wildman–Crippen MR) is 176 cm³/mol. The van der Waals surface area contributed by atoms with Crippen molar-refractivity contribution in [3.05, 3.63) is 125 Å². The smallest absolute Gasteiger partial charge is 0.240 e. The minimum atomic E-state index is -3.58. The summed E-state index contributed by atoms with van der Waals surface area (Å²) >= 11 is 5.88. The summed E-state index contributed by atoms with van der Waals surface area (Å²) in [6.45, 7) is 5.82. The van der Waals surface area contributed by atoms with Crippen molar-refractivity contribution < 1.29 is 17.5 Å². The van der Waals surface area contributed by atoms with E-state index in [9.17, 15) is 12.8 Å². The Kier molecular flexibility index (Phi) is 11.3. The van der Waals surface area contributed by atoms with Crippen LogP contribution in [0.25, 0.3) is 0 Å². The molecule has 0 radical (unpaired) electrons. The molecule has 0 bridgehead atoms. The van der Waals surface area contributed by atoms with E-state index in [0.29, 0.717) is 24.6 Å². The molecule has 5 rings (SSSR count). The molecule has 232 valence electrons. The van der Waals surface area contributed by atoms with E-state index in [1.165, 1.54) is 35.4 Å². The molecule has 0 spiro atoms. The van der Waals surface area contributed by atoms with Crippen LogP contribution < -0.4 is 14.4 Å². The first-order chi connectivity index (χ1) is 21.4. The number of nitrogens with one attached hydrogen (secondary N) is 1. The molecule has 0 aromatic heterocycles. The van der Waals surface area contributed by atoms with E-state index < -0.39 is 10.0 Å². The predicted octanol–water partition coefficient (Wildman–Crippen LogP) is 6.38. The monoisotopic (exact) mass is 635 g/mol. The highest BCUT2D eigenvalue weighted by atomic mass is 35.5. The van der Waals surface area contributed by atoms with Gasteiger partial charge in [0.05, 0.1) is 11.5 Å². The van der Waals surface area contributed by atoms with Crippen LogP contribution >= 0.6 is 11.6 Å². The molecule has 0 atom stereocenters. The number of halogens is 2. The van der Waals surface area contributed by atoms with E-state index in [1.54, 1.807) is 12.1 Å². The molecule has 6 nitrogen and oxygen atoms in total. The van der Waals surface area contributed by atoms with Gasteiger partial charge in [0.1, 0.15) is 11.6 Å². The van der Waals surface area contributed by atoms with Crippen LogP contribution in [0.5, 0.6) is 5.75 Å². The summed E-state index contributed by atoms with van der Waals surface area (Å²) < 4.78 is 47.2. The van der Waals surface area contributed by atoms with Crippen LogP contribution in [0.1, 0.15) is 23.1 Å². The molecule has 1 aliphatic rings. The SMILES string of the molecule is O=S(=O)(NCCc1cccc(CCc2ccccc2OCCCN2CCN(c3ccc(F)cc3)CC2)c1)c1ccc(Cl)cc1. The van der Waals surface area contributed by atoms with Gasteiger partial charge < -0.3 is 9.64 Å². The Balaban J connectivity index is 1.04. The van der Waals surface area contributed by atoms with Crippen molar-refractivity contribution in [1.29, 1.82) is 0 Å². The molecule has 1 fully saturated rings. The molecule has 4 aromatic rings. The van der Waals surface area contributed by atoms with Crippen molar-refractivity contribution in [3.63, 3.8) is 0 Å².